The molecule has 0 radical (unpaired) electrons. The van der Waals surface area contributed by atoms with E-state index in [0.29, 0.717) is 0 Å². The first-order valence-corrected chi connectivity index (χ1v) is 5.75. The first kappa shape index (κ1) is 13.0. The Morgan fingerprint density at radius 2 is 1.50 bits per heavy atom. The minimum atomic E-state index is -0.101. The minimum Gasteiger partial charge on any atom is -0.318 e. The van der Waals surface area contributed by atoms with Crippen LogP contribution in [0.2, 0.25) is 0 Å². The van der Waals surface area contributed by atoms with E-state index in [1.54, 1.807) is 4.57 Å². The first-order valence-electron chi connectivity index (χ1n) is 5.75. The summed E-state index contributed by atoms with van der Waals surface area (Å²) in [4.78, 5) is 12.1. The number of hydrogen-bond acceptors (Lipinski definition) is 1. The van der Waals surface area contributed by atoms with Crippen LogP contribution in [0.4, 0.5) is 0 Å². The van der Waals surface area contributed by atoms with E-state index in [2.05, 4.69) is 47.6 Å². The summed E-state index contributed by atoms with van der Waals surface area (Å²) in [7, 11) is 1.83. The summed E-state index contributed by atoms with van der Waals surface area (Å²) in [6.07, 6.45) is 1.94. The monoisotopic (exact) mass is 221 g/mol. The molecule has 0 saturated heterocycles. The molecule has 1 heterocycles. The number of rotatable bonds is 0. The van der Waals surface area contributed by atoms with Gasteiger partial charge in [-0.15, -0.1) is 0 Å². The maximum atomic E-state index is 12.1. The van der Waals surface area contributed by atoms with Crippen molar-refractivity contribution in [3.05, 3.63) is 33.7 Å². The van der Waals surface area contributed by atoms with Crippen molar-refractivity contribution >= 4 is 0 Å². The third-order valence-corrected chi connectivity index (χ3v) is 2.86. The number of hydrogen-bond donors (Lipinski definition) is 0. The maximum Gasteiger partial charge on any atom is 0.254 e. The van der Waals surface area contributed by atoms with Crippen LogP contribution >= 0.6 is 0 Å². The second kappa shape index (κ2) is 3.76. The third kappa shape index (κ3) is 2.55. The molecule has 0 aliphatic heterocycles. The fourth-order valence-electron chi connectivity index (χ4n) is 1.66. The van der Waals surface area contributed by atoms with Crippen LogP contribution in [0.15, 0.2) is 17.1 Å². The fraction of sp³-hybridized carbons (Fsp3) is 0.643. The molecule has 0 unspecified atom stereocenters. The molecule has 2 nitrogen and oxygen atoms in total. The lowest BCUT2D eigenvalue weighted by Gasteiger charge is -2.25. The lowest BCUT2D eigenvalue weighted by Crippen LogP contribution is -2.30. The van der Waals surface area contributed by atoms with Gasteiger partial charge in [-0.2, -0.15) is 0 Å². The summed E-state index contributed by atoms with van der Waals surface area (Å²) in [5, 5.41) is 0. The molecule has 0 saturated carbocycles. The van der Waals surface area contributed by atoms with Gasteiger partial charge < -0.3 is 4.57 Å². The Hall–Kier alpha value is -1.05. The van der Waals surface area contributed by atoms with Crippen molar-refractivity contribution in [3.8, 4) is 0 Å². The van der Waals surface area contributed by atoms with Crippen molar-refractivity contribution in [3.63, 3.8) is 0 Å². The van der Waals surface area contributed by atoms with Gasteiger partial charge in [-0.1, -0.05) is 41.5 Å². The van der Waals surface area contributed by atoms with E-state index < -0.39 is 0 Å². The van der Waals surface area contributed by atoms with Gasteiger partial charge in [-0.25, -0.2) is 0 Å². The normalized spacial score (nSPS) is 12.9. The van der Waals surface area contributed by atoms with Gasteiger partial charge in [0.05, 0.1) is 0 Å². The molecule has 1 rings (SSSR count). The Kier molecular flexibility index (Phi) is 3.06. The SMILES string of the molecule is Cn1cc(C(C)(C)C)cc(C(C)(C)C)c1=O. The molecule has 0 amide bonds. The molecular formula is C14H23NO. The van der Waals surface area contributed by atoms with Gasteiger partial charge in [-0.05, 0) is 22.5 Å². The van der Waals surface area contributed by atoms with Crippen molar-refractivity contribution in [2.24, 2.45) is 7.05 Å². The number of nitrogens with zero attached hydrogens (tertiary/aromatic N) is 1. The molecule has 0 bridgehead atoms. The van der Waals surface area contributed by atoms with Crippen LogP contribution < -0.4 is 5.56 Å². The Morgan fingerprint density at radius 3 is 1.88 bits per heavy atom. The summed E-state index contributed by atoms with van der Waals surface area (Å²) < 4.78 is 1.70. The van der Waals surface area contributed by atoms with E-state index in [-0.39, 0.29) is 16.4 Å². The Balaban J connectivity index is 3.53. The molecule has 90 valence electrons. The van der Waals surface area contributed by atoms with E-state index >= 15 is 0 Å². The zero-order chi connectivity index (χ0) is 12.7. The highest BCUT2D eigenvalue weighted by molar-refractivity contribution is 5.29. The van der Waals surface area contributed by atoms with E-state index in [0.717, 1.165) is 5.56 Å². The van der Waals surface area contributed by atoms with Crippen LogP contribution in [-0.4, -0.2) is 4.57 Å². The molecular weight excluding hydrogens is 198 g/mol. The first-order chi connectivity index (χ1) is 7.03. The molecule has 0 aliphatic rings. The average molecular weight is 221 g/mol. The maximum absolute atomic E-state index is 12.1. The van der Waals surface area contributed by atoms with Crippen LogP contribution in [0.5, 0.6) is 0 Å². The van der Waals surface area contributed by atoms with Gasteiger partial charge >= 0.3 is 0 Å². The van der Waals surface area contributed by atoms with Crippen LogP contribution in [-0.2, 0) is 17.9 Å². The van der Waals surface area contributed by atoms with Crippen molar-refractivity contribution in [2.75, 3.05) is 0 Å². The highest BCUT2D eigenvalue weighted by Gasteiger charge is 2.22. The van der Waals surface area contributed by atoms with E-state index in [4.69, 9.17) is 0 Å². The second-order valence-corrected chi connectivity index (χ2v) is 6.56. The Labute approximate surface area is 98.3 Å². The van der Waals surface area contributed by atoms with Crippen molar-refractivity contribution in [1.29, 1.82) is 0 Å². The van der Waals surface area contributed by atoms with Gasteiger partial charge in [0.25, 0.3) is 5.56 Å². The largest absolute Gasteiger partial charge is 0.318 e. The Bertz CT molecular complexity index is 441. The summed E-state index contributed by atoms with van der Waals surface area (Å²) in [5.74, 6) is 0. The van der Waals surface area contributed by atoms with Gasteiger partial charge in [-0.3, -0.25) is 4.79 Å². The molecule has 0 aromatic carbocycles. The molecule has 0 N–H and O–H groups in total. The highest BCUT2D eigenvalue weighted by Crippen LogP contribution is 2.26. The smallest absolute Gasteiger partial charge is 0.254 e. The zero-order valence-corrected chi connectivity index (χ0v) is 11.5. The van der Waals surface area contributed by atoms with Gasteiger partial charge in [0, 0.05) is 18.8 Å². The summed E-state index contributed by atoms with van der Waals surface area (Å²) in [6, 6.07) is 2.06. The fourth-order valence-corrected chi connectivity index (χ4v) is 1.66. The number of aryl methyl sites for hydroxylation is 1. The highest BCUT2D eigenvalue weighted by atomic mass is 16.1. The predicted molar refractivity (Wildman–Crippen MR) is 69.1 cm³/mol. The number of pyridine rings is 1. The molecule has 0 aliphatic carbocycles. The second-order valence-electron chi connectivity index (χ2n) is 6.56. The zero-order valence-electron chi connectivity index (χ0n) is 11.5. The van der Waals surface area contributed by atoms with Crippen molar-refractivity contribution < 1.29 is 0 Å². The minimum absolute atomic E-state index is 0.0749. The topological polar surface area (TPSA) is 22.0 Å². The number of aromatic nitrogens is 1. The molecule has 0 fully saturated rings. The molecule has 2 heteroatoms. The van der Waals surface area contributed by atoms with Gasteiger partial charge in [0.2, 0.25) is 0 Å². The van der Waals surface area contributed by atoms with Crippen LogP contribution in [0.25, 0.3) is 0 Å². The van der Waals surface area contributed by atoms with Gasteiger partial charge in [0.15, 0.2) is 0 Å². The molecule has 1 aromatic rings. The standard InChI is InChI=1S/C14H23NO/c1-13(2,3)10-8-11(14(4,5)6)12(16)15(7)9-10/h8-9H,1-7H3. The summed E-state index contributed by atoms with van der Waals surface area (Å²) >= 11 is 0. The lowest BCUT2D eigenvalue weighted by atomic mass is 9.82. The predicted octanol–water partition coefficient (Wildman–Crippen LogP) is 2.98. The molecule has 16 heavy (non-hydrogen) atoms. The van der Waals surface area contributed by atoms with E-state index in [1.807, 2.05) is 13.2 Å². The van der Waals surface area contributed by atoms with Crippen LogP contribution in [0.1, 0.15) is 52.7 Å². The lowest BCUT2D eigenvalue weighted by molar-refractivity contribution is 0.547. The molecule has 0 spiro atoms. The van der Waals surface area contributed by atoms with Crippen LogP contribution in [0.3, 0.4) is 0 Å². The summed E-state index contributed by atoms with van der Waals surface area (Å²) in [6.45, 7) is 12.7. The molecule has 0 atom stereocenters. The van der Waals surface area contributed by atoms with E-state index in [1.165, 1.54) is 5.56 Å². The van der Waals surface area contributed by atoms with E-state index in [9.17, 15) is 4.79 Å². The quantitative estimate of drug-likeness (QED) is 0.660. The van der Waals surface area contributed by atoms with Crippen LogP contribution in [0, 0.1) is 0 Å². The third-order valence-electron chi connectivity index (χ3n) is 2.86. The van der Waals surface area contributed by atoms with Gasteiger partial charge in [0.1, 0.15) is 0 Å². The molecule has 1 aromatic heterocycles. The van der Waals surface area contributed by atoms with Crippen molar-refractivity contribution in [1.82, 2.24) is 4.57 Å². The van der Waals surface area contributed by atoms with Crippen molar-refractivity contribution in [2.45, 2.75) is 52.4 Å². The average Bonchev–Trinajstić information content (AvgIpc) is 2.05. The Morgan fingerprint density at radius 1 is 1.00 bits per heavy atom. The summed E-state index contributed by atoms with van der Waals surface area (Å²) in [5.41, 5.74) is 2.18.